The molecule has 0 heterocycles. The molecule has 0 radical (unpaired) electrons. The van der Waals surface area contributed by atoms with Crippen LogP contribution in [0.15, 0.2) is 46.3 Å². The second kappa shape index (κ2) is 6.15. The summed E-state index contributed by atoms with van der Waals surface area (Å²) in [6.45, 7) is 15.8. The zero-order valence-corrected chi connectivity index (χ0v) is 20.8. The van der Waals surface area contributed by atoms with E-state index in [9.17, 15) is 14.7 Å². The molecular formula is C29H38O3. The lowest BCUT2D eigenvalue weighted by Crippen LogP contribution is -2.62. The molecule has 3 fully saturated rings. The zero-order chi connectivity index (χ0) is 23.5. The van der Waals surface area contributed by atoms with E-state index in [1.165, 1.54) is 5.57 Å². The number of ketones is 2. The molecule has 0 aromatic rings. The molecule has 0 aromatic carbocycles. The molecule has 3 heteroatoms. The molecule has 172 valence electrons. The fraction of sp³-hybridized carbons (Fsp3) is 0.655. The van der Waals surface area contributed by atoms with Crippen molar-refractivity contribution in [3.63, 3.8) is 0 Å². The summed E-state index contributed by atoms with van der Waals surface area (Å²) in [6, 6.07) is 0. The Labute approximate surface area is 192 Å². The quantitative estimate of drug-likeness (QED) is 0.455. The standard InChI is InChI=1S/C29H38O3/c1-17-18-8-9-21-27(5,19(18)14-20(30)24(17)32)11-13-29(7)22-15-25(2,3)23(31)16-26(22,4)10-12-28(21,29)6/h8-9,14,22,32H,10-13,15-16H2,1-7H3/t22-,26+,27+,28-,29+/m1/s1. The number of aliphatic hydroxyl groups is 1. The van der Waals surface area contributed by atoms with Gasteiger partial charge in [0.1, 0.15) is 5.78 Å². The molecule has 3 saturated carbocycles. The minimum atomic E-state index is -0.264. The van der Waals surface area contributed by atoms with Crippen LogP contribution in [0.2, 0.25) is 0 Å². The molecule has 0 spiro atoms. The predicted molar refractivity (Wildman–Crippen MR) is 127 cm³/mol. The first-order chi connectivity index (χ1) is 14.7. The first-order valence-electron chi connectivity index (χ1n) is 12.3. The van der Waals surface area contributed by atoms with Gasteiger partial charge >= 0.3 is 0 Å². The number of fused-ring (bicyclic) bond motifs is 7. The molecule has 32 heavy (non-hydrogen) atoms. The summed E-state index contributed by atoms with van der Waals surface area (Å²) in [6.07, 6.45) is 12.1. The Kier molecular flexibility index (Phi) is 4.22. The van der Waals surface area contributed by atoms with Crippen molar-refractivity contribution < 1.29 is 14.7 Å². The molecule has 0 amide bonds. The van der Waals surface area contributed by atoms with Gasteiger partial charge in [0, 0.05) is 22.8 Å². The van der Waals surface area contributed by atoms with Crippen LogP contribution in [0.3, 0.4) is 0 Å². The van der Waals surface area contributed by atoms with E-state index >= 15 is 0 Å². The number of Topliss-reactive ketones (excluding diaryl/α,β-unsaturated/α-hetero) is 1. The van der Waals surface area contributed by atoms with E-state index in [0.29, 0.717) is 23.7 Å². The van der Waals surface area contributed by atoms with Gasteiger partial charge in [-0.15, -0.1) is 0 Å². The van der Waals surface area contributed by atoms with Crippen molar-refractivity contribution in [3.8, 4) is 0 Å². The summed E-state index contributed by atoms with van der Waals surface area (Å²) < 4.78 is 0. The van der Waals surface area contributed by atoms with E-state index in [1.54, 1.807) is 6.08 Å². The van der Waals surface area contributed by atoms with Crippen LogP contribution in [-0.2, 0) is 9.59 Å². The highest BCUT2D eigenvalue weighted by Crippen LogP contribution is 2.75. The van der Waals surface area contributed by atoms with Gasteiger partial charge in [0.25, 0.3) is 0 Å². The van der Waals surface area contributed by atoms with Gasteiger partial charge in [-0.25, -0.2) is 0 Å². The normalized spacial score (nSPS) is 45.1. The van der Waals surface area contributed by atoms with Gasteiger partial charge in [0.15, 0.2) is 5.76 Å². The second-order valence-corrected chi connectivity index (χ2v) is 13.0. The third-order valence-corrected chi connectivity index (χ3v) is 11.0. The third-order valence-electron chi connectivity index (χ3n) is 11.0. The maximum atomic E-state index is 13.0. The van der Waals surface area contributed by atoms with Crippen molar-refractivity contribution in [3.05, 3.63) is 46.3 Å². The van der Waals surface area contributed by atoms with Crippen LogP contribution in [-0.4, -0.2) is 16.7 Å². The smallest absolute Gasteiger partial charge is 0.220 e. The second-order valence-electron chi connectivity index (χ2n) is 13.0. The summed E-state index contributed by atoms with van der Waals surface area (Å²) in [5.74, 6) is 0.556. The molecule has 0 aromatic heterocycles. The molecule has 5 atom stereocenters. The van der Waals surface area contributed by atoms with E-state index in [-0.39, 0.29) is 38.6 Å². The first kappa shape index (κ1) is 21.9. The van der Waals surface area contributed by atoms with E-state index in [4.69, 9.17) is 0 Å². The zero-order valence-electron chi connectivity index (χ0n) is 20.8. The lowest BCUT2D eigenvalue weighted by Gasteiger charge is -2.69. The number of hydrogen-bond donors (Lipinski definition) is 1. The van der Waals surface area contributed by atoms with Gasteiger partial charge < -0.3 is 5.11 Å². The van der Waals surface area contributed by atoms with Crippen molar-refractivity contribution in [2.24, 2.45) is 33.0 Å². The average Bonchev–Trinajstić information content (AvgIpc) is 2.71. The van der Waals surface area contributed by atoms with Gasteiger partial charge in [-0.2, -0.15) is 0 Å². The highest BCUT2D eigenvalue weighted by atomic mass is 16.3. The Bertz CT molecular complexity index is 1080. The molecule has 0 unspecified atom stereocenters. The Morgan fingerprint density at radius 1 is 0.938 bits per heavy atom. The SMILES string of the molecule is CC1=C(O)C(=O)C=C2C1=CC=C1[C@@]2(C)CC[C@@]2(C)[C@@H]3CC(C)(C)C(=O)C[C@]3(C)CC[C@]12C. The highest BCUT2D eigenvalue weighted by Gasteiger charge is 2.67. The van der Waals surface area contributed by atoms with E-state index in [2.05, 4.69) is 53.7 Å². The lowest BCUT2D eigenvalue weighted by atomic mass is 9.34. The van der Waals surface area contributed by atoms with E-state index in [1.807, 2.05) is 6.92 Å². The van der Waals surface area contributed by atoms with Gasteiger partial charge in [-0.3, -0.25) is 9.59 Å². The minimum Gasteiger partial charge on any atom is -0.504 e. The molecule has 3 nitrogen and oxygen atoms in total. The molecule has 5 aliphatic carbocycles. The van der Waals surface area contributed by atoms with Crippen LogP contribution in [0.1, 0.15) is 87.0 Å². The molecule has 5 aliphatic rings. The Balaban J connectivity index is 1.66. The number of hydrogen-bond acceptors (Lipinski definition) is 3. The summed E-state index contributed by atoms with van der Waals surface area (Å²) in [5.41, 5.74) is 4.03. The highest BCUT2D eigenvalue weighted by molar-refractivity contribution is 6.06. The number of allylic oxidation sites excluding steroid dienone is 7. The average molecular weight is 435 g/mol. The molecule has 5 rings (SSSR count). The molecule has 0 aliphatic heterocycles. The minimum absolute atomic E-state index is 0.0175. The first-order valence-corrected chi connectivity index (χ1v) is 12.3. The van der Waals surface area contributed by atoms with Gasteiger partial charge in [-0.05, 0) is 78.4 Å². The maximum Gasteiger partial charge on any atom is 0.220 e. The van der Waals surface area contributed by atoms with Crippen LogP contribution in [0.25, 0.3) is 0 Å². The predicted octanol–water partition coefficient (Wildman–Crippen LogP) is 6.81. The topological polar surface area (TPSA) is 54.4 Å². The Morgan fingerprint density at radius 2 is 1.62 bits per heavy atom. The third kappa shape index (κ3) is 2.43. The fourth-order valence-corrected chi connectivity index (χ4v) is 8.49. The summed E-state index contributed by atoms with van der Waals surface area (Å²) in [5, 5.41) is 10.3. The van der Waals surface area contributed by atoms with E-state index in [0.717, 1.165) is 43.3 Å². The van der Waals surface area contributed by atoms with Crippen molar-refractivity contribution >= 4 is 11.6 Å². The number of aliphatic hydroxyl groups excluding tert-OH is 1. The van der Waals surface area contributed by atoms with Crippen LogP contribution in [0.5, 0.6) is 0 Å². The van der Waals surface area contributed by atoms with Crippen LogP contribution < -0.4 is 0 Å². The van der Waals surface area contributed by atoms with Crippen LogP contribution in [0, 0.1) is 33.0 Å². The molecule has 0 bridgehead atoms. The Morgan fingerprint density at radius 3 is 2.31 bits per heavy atom. The van der Waals surface area contributed by atoms with Crippen molar-refractivity contribution in [2.75, 3.05) is 0 Å². The number of rotatable bonds is 0. The molecular weight excluding hydrogens is 396 g/mol. The summed E-state index contributed by atoms with van der Waals surface area (Å²) in [4.78, 5) is 25.5. The Hall–Kier alpha value is -1.90. The van der Waals surface area contributed by atoms with Crippen molar-refractivity contribution in [1.82, 2.24) is 0 Å². The largest absolute Gasteiger partial charge is 0.504 e. The van der Waals surface area contributed by atoms with Crippen LogP contribution >= 0.6 is 0 Å². The van der Waals surface area contributed by atoms with Gasteiger partial charge in [0.05, 0.1) is 0 Å². The van der Waals surface area contributed by atoms with Crippen molar-refractivity contribution in [2.45, 2.75) is 87.0 Å². The molecule has 0 saturated heterocycles. The lowest BCUT2D eigenvalue weighted by molar-refractivity contribution is -0.170. The monoisotopic (exact) mass is 434 g/mol. The van der Waals surface area contributed by atoms with E-state index < -0.39 is 0 Å². The van der Waals surface area contributed by atoms with Gasteiger partial charge in [0.2, 0.25) is 5.78 Å². The summed E-state index contributed by atoms with van der Waals surface area (Å²) >= 11 is 0. The number of carbonyl (C=O) groups excluding carboxylic acids is 2. The molecule has 1 N–H and O–H groups in total. The summed E-state index contributed by atoms with van der Waals surface area (Å²) in [7, 11) is 0. The van der Waals surface area contributed by atoms with Gasteiger partial charge in [-0.1, -0.05) is 59.3 Å². The number of carbonyl (C=O) groups is 2. The van der Waals surface area contributed by atoms with Crippen molar-refractivity contribution in [1.29, 1.82) is 0 Å². The maximum absolute atomic E-state index is 13.0. The van der Waals surface area contributed by atoms with Crippen LogP contribution in [0.4, 0.5) is 0 Å². The fourth-order valence-electron chi connectivity index (χ4n) is 8.49.